The molecule has 1 aromatic rings. The first-order chi connectivity index (χ1) is 15.4. The number of carboxylic acids is 1. The standard InChI is InChI=1S/C22H34N4O6S/c1-11(2)17(21(30)26-18(12(3)4)22(31)32)25-20(29)16(10-33)24-19(28)15(23)9-13-5-7-14(27)8-6-13/h5-8,11-12,15-18,27,33H,9-10,23H2,1-4H3,(H,24,28)(H,25,29)(H,26,30)(H,31,32). The van der Waals surface area contributed by atoms with Gasteiger partial charge in [-0.05, 0) is 36.0 Å². The van der Waals surface area contributed by atoms with Crippen LogP contribution >= 0.6 is 12.6 Å². The lowest BCUT2D eigenvalue weighted by atomic mass is 10.00. The summed E-state index contributed by atoms with van der Waals surface area (Å²) in [6.07, 6.45) is 0.190. The molecule has 4 unspecified atom stereocenters. The molecule has 4 atom stereocenters. The summed E-state index contributed by atoms with van der Waals surface area (Å²) in [5.74, 6) is -3.66. The van der Waals surface area contributed by atoms with E-state index in [0.717, 1.165) is 5.56 Å². The van der Waals surface area contributed by atoms with E-state index >= 15 is 0 Å². The Kier molecular flexibility index (Phi) is 11.2. The number of hydrogen-bond acceptors (Lipinski definition) is 7. The molecule has 0 saturated heterocycles. The molecular weight excluding hydrogens is 448 g/mol. The molecule has 0 heterocycles. The number of hydrogen-bond donors (Lipinski definition) is 7. The molecule has 0 aliphatic carbocycles. The smallest absolute Gasteiger partial charge is 0.326 e. The van der Waals surface area contributed by atoms with Gasteiger partial charge < -0.3 is 31.9 Å². The maximum Gasteiger partial charge on any atom is 0.326 e. The van der Waals surface area contributed by atoms with Crippen molar-refractivity contribution in [3.8, 4) is 5.75 Å². The third-order valence-electron chi connectivity index (χ3n) is 5.02. The van der Waals surface area contributed by atoms with Crippen LogP contribution in [-0.2, 0) is 25.6 Å². The zero-order chi connectivity index (χ0) is 25.3. The van der Waals surface area contributed by atoms with Gasteiger partial charge >= 0.3 is 5.97 Å². The molecule has 1 aromatic carbocycles. The molecule has 0 bridgehead atoms. The van der Waals surface area contributed by atoms with Crippen LogP contribution in [0.3, 0.4) is 0 Å². The first-order valence-corrected chi connectivity index (χ1v) is 11.3. The minimum Gasteiger partial charge on any atom is -0.508 e. The Hall–Kier alpha value is -2.79. The molecule has 11 heteroatoms. The Morgan fingerprint density at radius 1 is 0.879 bits per heavy atom. The Balaban J connectivity index is 2.80. The van der Waals surface area contributed by atoms with Crippen LogP contribution in [0.4, 0.5) is 0 Å². The topological polar surface area (TPSA) is 171 Å². The number of aliphatic carboxylic acids is 1. The maximum absolute atomic E-state index is 12.8. The third-order valence-corrected chi connectivity index (χ3v) is 5.39. The van der Waals surface area contributed by atoms with Crippen molar-refractivity contribution in [3.05, 3.63) is 29.8 Å². The van der Waals surface area contributed by atoms with Crippen LogP contribution < -0.4 is 21.7 Å². The summed E-state index contributed by atoms with van der Waals surface area (Å²) < 4.78 is 0. The SMILES string of the molecule is CC(C)C(NC(=O)C(NC(=O)C(CS)NC(=O)C(N)Cc1ccc(O)cc1)C(C)C)C(=O)O. The largest absolute Gasteiger partial charge is 0.508 e. The van der Waals surface area contributed by atoms with Crippen molar-refractivity contribution in [2.24, 2.45) is 17.6 Å². The predicted molar refractivity (Wildman–Crippen MR) is 127 cm³/mol. The molecule has 7 N–H and O–H groups in total. The molecule has 0 spiro atoms. The number of phenols is 1. The van der Waals surface area contributed by atoms with Gasteiger partial charge in [0.1, 0.15) is 23.9 Å². The summed E-state index contributed by atoms with van der Waals surface area (Å²) in [5.41, 5.74) is 6.68. The highest BCUT2D eigenvalue weighted by Crippen LogP contribution is 2.11. The second-order valence-electron chi connectivity index (χ2n) is 8.52. The zero-order valence-corrected chi connectivity index (χ0v) is 20.1. The average Bonchev–Trinajstić information content (AvgIpc) is 2.74. The summed E-state index contributed by atoms with van der Waals surface area (Å²) in [6.45, 7) is 6.74. The van der Waals surface area contributed by atoms with E-state index in [4.69, 9.17) is 5.73 Å². The van der Waals surface area contributed by atoms with Crippen LogP contribution in [-0.4, -0.2) is 63.8 Å². The van der Waals surface area contributed by atoms with Gasteiger partial charge in [0.25, 0.3) is 0 Å². The molecule has 3 amide bonds. The fraction of sp³-hybridized carbons (Fsp3) is 0.545. The van der Waals surface area contributed by atoms with Gasteiger partial charge in [0.15, 0.2) is 0 Å². The summed E-state index contributed by atoms with van der Waals surface area (Å²) in [4.78, 5) is 49.3. The van der Waals surface area contributed by atoms with E-state index < -0.39 is 47.9 Å². The average molecular weight is 483 g/mol. The van der Waals surface area contributed by atoms with Crippen molar-refractivity contribution >= 4 is 36.3 Å². The van der Waals surface area contributed by atoms with Gasteiger partial charge in [-0.15, -0.1) is 0 Å². The van der Waals surface area contributed by atoms with E-state index in [0.29, 0.717) is 0 Å². The molecule has 0 aromatic heterocycles. The number of thiol groups is 1. The molecular formula is C22H34N4O6S. The lowest BCUT2D eigenvalue weighted by molar-refractivity contribution is -0.143. The number of carboxylic acid groups (broad SMARTS) is 1. The summed E-state index contributed by atoms with van der Waals surface area (Å²) in [5, 5.41) is 26.2. The van der Waals surface area contributed by atoms with Crippen molar-refractivity contribution in [2.75, 3.05) is 5.75 Å². The lowest BCUT2D eigenvalue weighted by Crippen LogP contribution is -2.59. The second kappa shape index (κ2) is 13.0. The fourth-order valence-electron chi connectivity index (χ4n) is 3.00. The van der Waals surface area contributed by atoms with E-state index in [1.54, 1.807) is 39.8 Å². The van der Waals surface area contributed by atoms with Gasteiger partial charge in [-0.2, -0.15) is 12.6 Å². The van der Waals surface area contributed by atoms with Crippen LogP contribution in [0.15, 0.2) is 24.3 Å². The van der Waals surface area contributed by atoms with Crippen LogP contribution in [0.25, 0.3) is 0 Å². The van der Waals surface area contributed by atoms with Crippen molar-refractivity contribution in [1.82, 2.24) is 16.0 Å². The van der Waals surface area contributed by atoms with Crippen LogP contribution in [0, 0.1) is 11.8 Å². The number of nitrogens with two attached hydrogens (primary N) is 1. The number of phenolic OH excluding ortho intramolecular Hbond substituents is 1. The van der Waals surface area contributed by atoms with Gasteiger partial charge in [0, 0.05) is 5.75 Å². The maximum atomic E-state index is 12.8. The molecule has 10 nitrogen and oxygen atoms in total. The zero-order valence-electron chi connectivity index (χ0n) is 19.2. The minimum atomic E-state index is -1.17. The molecule has 1 rings (SSSR count). The van der Waals surface area contributed by atoms with Crippen molar-refractivity contribution in [3.63, 3.8) is 0 Å². The highest BCUT2D eigenvalue weighted by atomic mass is 32.1. The lowest BCUT2D eigenvalue weighted by Gasteiger charge is -2.27. The summed E-state index contributed by atoms with van der Waals surface area (Å²) in [6, 6.07) is 2.12. The first-order valence-electron chi connectivity index (χ1n) is 10.7. The Bertz CT molecular complexity index is 831. The van der Waals surface area contributed by atoms with E-state index in [1.165, 1.54) is 12.1 Å². The van der Waals surface area contributed by atoms with E-state index in [9.17, 15) is 29.4 Å². The molecule has 0 aliphatic heterocycles. The molecule has 0 saturated carbocycles. The van der Waals surface area contributed by atoms with Gasteiger partial charge in [0.05, 0.1) is 6.04 Å². The Morgan fingerprint density at radius 3 is 1.85 bits per heavy atom. The monoisotopic (exact) mass is 482 g/mol. The Morgan fingerprint density at radius 2 is 1.39 bits per heavy atom. The number of benzene rings is 1. The number of nitrogens with one attached hydrogen (secondary N) is 3. The quantitative estimate of drug-likeness (QED) is 0.206. The second-order valence-corrected chi connectivity index (χ2v) is 8.88. The number of rotatable bonds is 12. The minimum absolute atomic E-state index is 0.0420. The van der Waals surface area contributed by atoms with Gasteiger partial charge in [0.2, 0.25) is 17.7 Å². The molecule has 0 aliphatic rings. The molecule has 0 radical (unpaired) electrons. The highest BCUT2D eigenvalue weighted by Gasteiger charge is 2.32. The molecule has 33 heavy (non-hydrogen) atoms. The normalized spacial score (nSPS) is 14.8. The number of carbonyl (C=O) groups is 4. The number of aromatic hydroxyl groups is 1. The van der Waals surface area contributed by atoms with Crippen LogP contribution in [0.5, 0.6) is 5.75 Å². The molecule has 184 valence electrons. The number of amides is 3. The van der Waals surface area contributed by atoms with Crippen molar-refractivity contribution < 1.29 is 29.4 Å². The van der Waals surface area contributed by atoms with Crippen LogP contribution in [0.1, 0.15) is 33.3 Å². The van der Waals surface area contributed by atoms with Gasteiger partial charge in [-0.25, -0.2) is 4.79 Å². The van der Waals surface area contributed by atoms with Crippen LogP contribution in [0.2, 0.25) is 0 Å². The number of carbonyl (C=O) groups excluding carboxylic acids is 3. The van der Waals surface area contributed by atoms with Crippen molar-refractivity contribution in [2.45, 2.75) is 58.3 Å². The van der Waals surface area contributed by atoms with E-state index in [1.807, 2.05) is 0 Å². The summed E-state index contributed by atoms with van der Waals surface area (Å²) in [7, 11) is 0. The van der Waals surface area contributed by atoms with Crippen molar-refractivity contribution in [1.29, 1.82) is 0 Å². The highest BCUT2D eigenvalue weighted by molar-refractivity contribution is 7.80. The van der Waals surface area contributed by atoms with E-state index in [2.05, 4.69) is 28.6 Å². The first kappa shape index (κ1) is 28.2. The molecule has 0 fully saturated rings. The van der Waals surface area contributed by atoms with Gasteiger partial charge in [-0.1, -0.05) is 39.8 Å². The van der Waals surface area contributed by atoms with E-state index in [-0.39, 0.29) is 29.8 Å². The Labute approximate surface area is 199 Å². The van der Waals surface area contributed by atoms with Gasteiger partial charge in [-0.3, -0.25) is 14.4 Å². The summed E-state index contributed by atoms with van der Waals surface area (Å²) >= 11 is 4.12. The fourth-order valence-corrected chi connectivity index (χ4v) is 3.25. The predicted octanol–water partition coefficient (Wildman–Crippen LogP) is 0.0428. The third kappa shape index (κ3) is 8.93.